The van der Waals surface area contributed by atoms with Crippen molar-refractivity contribution < 1.29 is 0 Å². The molecule has 0 unspecified atom stereocenters. The second-order valence-electron chi connectivity index (χ2n) is 2.07. The van der Waals surface area contributed by atoms with E-state index in [1.54, 1.807) is 6.20 Å². The summed E-state index contributed by atoms with van der Waals surface area (Å²) in [6, 6.07) is 0. The molecule has 0 atom stereocenters. The van der Waals surface area contributed by atoms with E-state index in [4.69, 9.17) is 5.53 Å². The van der Waals surface area contributed by atoms with Gasteiger partial charge in [-0.05, 0) is 18.4 Å². The van der Waals surface area contributed by atoms with Crippen LogP contribution < -0.4 is 0 Å². The number of nitrogens with zero attached hydrogens (tertiary/aromatic N) is 4. The molecule has 0 amide bonds. The fourth-order valence-electron chi connectivity index (χ4n) is 0.686. The number of aryl methyl sites for hydroxylation is 1. The summed E-state index contributed by atoms with van der Waals surface area (Å²) < 4.78 is 0. The first-order valence-electron chi connectivity index (χ1n) is 3.34. The molecule has 1 rings (SSSR count). The molecule has 0 radical (unpaired) electrons. The van der Waals surface area contributed by atoms with Crippen molar-refractivity contribution in [2.75, 3.05) is 6.54 Å². The molecule has 0 fully saturated rings. The standard InChI is InChI=1S/C7H7N5/c1-6-9-5-7(11-6)3-2-4-10-12-8/h5H,4H2,1H3,(H,9,11). The highest BCUT2D eigenvalue weighted by Gasteiger charge is 1.88. The summed E-state index contributed by atoms with van der Waals surface area (Å²) in [5, 5.41) is 3.27. The van der Waals surface area contributed by atoms with Crippen molar-refractivity contribution in [3.63, 3.8) is 0 Å². The Morgan fingerprint density at radius 1 is 1.83 bits per heavy atom. The van der Waals surface area contributed by atoms with E-state index in [1.807, 2.05) is 6.92 Å². The Balaban J connectivity index is 2.60. The van der Waals surface area contributed by atoms with Gasteiger partial charge in [-0.1, -0.05) is 11.0 Å². The Morgan fingerprint density at radius 3 is 3.25 bits per heavy atom. The van der Waals surface area contributed by atoms with Crippen molar-refractivity contribution in [2.45, 2.75) is 6.92 Å². The molecule has 0 aliphatic carbocycles. The lowest BCUT2D eigenvalue weighted by Gasteiger charge is -1.77. The van der Waals surface area contributed by atoms with E-state index in [2.05, 4.69) is 31.8 Å². The molecule has 0 bridgehead atoms. The second-order valence-corrected chi connectivity index (χ2v) is 2.07. The van der Waals surface area contributed by atoms with Crippen LogP contribution in [0.1, 0.15) is 11.5 Å². The molecule has 0 spiro atoms. The maximum absolute atomic E-state index is 7.94. The Morgan fingerprint density at radius 2 is 2.67 bits per heavy atom. The largest absolute Gasteiger partial charge is 0.336 e. The minimum atomic E-state index is 0.189. The van der Waals surface area contributed by atoms with Gasteiger partial charge >= 0.3 is 0 Å². The van der Waals surface area contributed by atoms with Crippen LogP contribution in [0.3, 0.4) is 0 Å². The summed E-state index contributed by atoms with van der Waals surface area (Å²) in [6.45, 7) is 2.03. The predicted molar refractivity (Wildman–Crippen MR) is 44.2 cm³/mol. The zero-order valence-electron chi connectivity index (χ0n) is 6.57. The van der Waals surface area contributed by atoms with Gasteiger partial charge in [0.2, 0.25) is 0 Å². The van der Waals surface area contributed by atoms with Crippen LogP contribution in [0.4, 0.5) is 0 Å². The molecule has 60 valence electrons. The zero-order valence-corrected chi connectivity index (χ0v) is 6.57. The van der Waals surface area contributed by atoms with Crippen LogP contribution in [-0.2, 0) is 0 Å². The first kappa shape index (κ1) is 8.18. The molecule has 1 aromatic rings. The van der Waals surface area contributed by atoms with Crippen molar-refractivity contribution in [2.24, 2.45) is 5.11 Å². The Labute approximate surface area is 69.5 Å². The van der Waals surface area contributed by atoms with Gasteiger partial charge in [-0.15, -0.1) is 0 Å². The molecule has 0 aliphatic heterocycles. The molecule has 5 heteroatoms. The Bertz CT molecular complexity index is 361. The van der Waals surface area contributed by atoms with E-state index in [0.717, 1.165) is 11.5 Å². The fraction of sp³-hybridized carbons (Fsp3) is 0.286. The second kappa shape index (κ2) is 4.06. The van der Waals surface area contributed by atoms with Gasteiger partial charge in [0.1, 0.15) is 11.5 Å². The molecular formula is C7H7N5. The van der Waals surface area contributed by atoms with Gasteiger partial charge in [0.05, 0.1) is 12.7 Å². The monoisotopic (exact) mass is 161 g/mol. The van der Waals surface area contributed by atoms with E-state index < -0.39 is 0 Å². The quantitative estimate of drug-likeness (QED) is 0.287. The number of hydrogen-bond acceptors (Lipinski definition) is 2. The van der Waals surface area contributed by atoms with E-state index in [1.165, 1.54) is 0 Å². The maximum Gasteiger partial charge on any atom is 0.109 e. The summed E-state index contributed by atoms with van der Waals surface area (Å²) in [6.07, 6.45) is 1.64. The number of H-pyrrole nitrogens is 1. The van der Waals surface area contributed by atoms with Gasteiger partial charge in [-0.3, -0.25) is 0 Å². The molecule has 0 aliphatic rings. The number of aromatic nitrogens is 2. The Hall–Kier alpha value is -1.92. The van der Waals surface area contributed by atoms with E-state index in [0.29, 0.717) is 0 Å². The average Bonchev–Trinajstić information content (AvgIpc) is 2.45. The van der Waals surface area contributed by atoms with Gasteiger partial charge in [0.15, 0.2) is 0 Å². The highest BCUT2D eigenvalue weighted by atomic mass is 15.1. The lowest BCUT2D eigenvalue weighted by atomic mass is 10.4. The normalized spacial score (nSPS) is 8.08. The minimum Gasteiger partial charge on any atom is -0.336 e. The first-order valence-corrected chi connectivity index (χ1v) is 3.34. The lowest BCUT2D eigenvalue weighted by Crippen LogP contribution is -1.75. The van der Waals surface area contributed by atoms with Gasteiger partial charge in [0.25, 0.3) is 0 Å². The van der Waals surface area contributed by atoms with Crippen molar-refractivity contribution in [1.82, 2.24) is 9.97 Å². The summed E-state index contributed by atoms with van der Waals surface area (Å²) in [7, 11) is 0. The Kier molecular flexibility index (Phi) is 2.77. The van der Waals surface area contributed by atoms with Gasteiger partial charge < -0.3 is 4.98 Å². The number of rotatable bonds is 1. The van der Waals surface area contributed by atoms with Gasteiger partial charge in [0, 0.05) is 4.91 Å². The highest BCUT2D eigenvalue weighted by molar-refractivity contribution is 5.26. The summed E-state index contributed by atoms with van der Waals surface area (Å²) in [5.41, 5.74) is 8.67. The van der Waals surface area contributed by atoms with Crippen LogP contribution in [-0.4, -0.2) is 16.5 Å². The van der Waals surface area contributed by atoms with Crippen LogP contribution in [0.25, 0.3) is 10.4 Å². The van der Waals surface area contributed by atoms with E-state index in [-0.39, 0.29) is 6.54 Å². The molecule has 1 N–H and O–H groups in total. The molecular weight excluding hydrogens is 154 g/mol. The lowest BCUT2D eigenvalue weighted by molar-refractivity contribution is 1.14. The number of hydrogen-bond donors (Lipinski definition) is 1. The number of aromatic amines is 1. The van der Waals surface area contributed by atoms with Crippen LogP contribution in [0.15, 0.2) is 11.3 Å². The molecule has 1 aromatic heterocycles. The summed E-state index contributed by atoms with van der Waals surface area (Å²) in [5.74, 6) is 6.26. The molecule has 1 heterocycles. The smallest absolute Gasteiger partial charge is 0.109 e. The van der Waals surface area contributed by atoms with Gasteiger partial charge in [-0.2, -0.15) is 0 Å². The zero-order chi connectivity index (χ0) is 8.81. The van der Waals surface area contributed by atoms with E-state index in [9.17, 15) is 0 Å². The van der Waals surface area contributed by atoms with Crippen molar-refractivity contribution in [3.05, 3.63) is 28.2 Å². The SMILES string of the molecule is Cc1ncc(C#CCN=[N+]=[N-])[nH]1. The van der Waals surface area contributed by atoms with Crippen molar-refractivity contribution >= 4 is 0 Å². The third kappa shape index (κ3) is 2.37. The highest BCUT2D eigenvalue weighted by Crippen LogP contribution is 1.91. The van der Waals surface area contributed by atoms with Crippen LogP contribution in [0.2, 0.25) is 0 Å². The van der Waals surface area contributed by atoms with Crippen LogP contribution >= 0.6 is 0 Å². The van der Waals surface area contributed by atoms with Gasteiger partial charge in [-0.25, -0.2) is 4.98 Å². The number of imidazole rings is 1. The third-order valence-corrected chi connectivity index (χ3v) is 1.14. The third-order valence-electron chi connectivity index (χ3n) is 1.14. The van der Waals surface area contributed by atoms with Crippen molar-refractivity contribution in [1.29, 1.82) is 0 Å². The summed E-state index contributed by atoms with van der Waals surface area (Å²) >= 11 is 0. The minimum absolute atomic E-state index is 0.189. The maximum atomic E-state index is 7.94. The molecule has 0 saturated heterocycles. The topological polar surface area (TPSA) is 77.4 Å². The predicted octanol–water partition coefficient (Wildman–Crippen LogP) is 1.38. The van der Waals surface area contributed by atoms with E-state index >= 15 is 0 Å². The molecule has 0 aromatic carbocycles. The number of nitrogens with one attached hydrogen (secondary N) is 1. The number of azide groups is 1. The van der Waals surface area contributed by atoms with Crippen molar-refractivity contribution in [3.8, 4) is 11.8 Å². The fourth-order valence-corrected chi connectivity index (χ4v) is 0.686. The molecule has 5 nitrogen and oxygen atoms in total. The first-order chi connectivity index (χ1) is 5.83. The molecule has 0 saturated carbocycles. The molecule has 12 heavy (non-hydrogen) atoms. The van der Waals surface area contributed by atoms with Crippen LogP contribution in [0, 0.1) is 18.8 Å². The summed E-state index contributed by atoms with van der Waals surface area (Å²) in [4.78, 5) is 9.46. The van der Waals surface area contributed by atoms with Crippen LogP contribution in [0.5, 0.6) is 0 Å². The average molecular weight is 161 g/mol.